The predicted molar refractivity (Wildman–Crippen MR) is 63.5 cm³/mol. The first-order valence-electron chi connectivity index (χ1n) is 6.00. The molecule has 1 fully saturated rings. The van der Waals surface area contributed by atoms with E-state index in [9.17, 15) is 9.59 Å². The molecule has 0 aromatic carbocycles. The lowest BCUT2D eigenvalue weighted by molar-refractivity contribution is -0.145. The summed E-state index contributed by atoms with van der Waals surface area (Å²) in [6.07, 6.45) is 1.29. The highest BCUT2D eigenvalue weighted by atomic mass is 16.5. The molecule has 7 nitrogen and oxygen atoms in total. The van der Waals surface area contributed by atoms with Gasteiger partial charge in [-0.2, -0.15) is 0 Å². The maximum Gasteiger partial charge on any atom is 0.308 e. The van der Waals surface area contributed by atoms with Crippen molar-refractivity contribution in [1.82, 2.24) is 10.1 Å². The van der Waals surface area contributed by atoms with Gasteiger partial charge in [0.15, 0.2) is 0 Å². The number of morpholine rings is 1. The summed E-state index contributed by atoms with van der Waals surface area (Å²) in [6.45, 7) is 2.96. The van der Waals surface area contributed by atoms with Gasteiger partial charge in [-0.1, -0.05) is 5.16 Å². The number of esters is 1. The Morgan fingerprint density at radius 2 is 2.37 bits per heavy atom. The van der Waals surface area contributed by atoms with E-state index in [-0.39, 0.29) is 30.2 Å². The molecule has 2 heterocycles. The van der Waals surface area contributed by atoms with Crippen molar-refractivity contribution < 1.29 is 23.6 Å². The van der Waals surface area contributed by atoms with Crippen molar-refractivity contribution in [2.75, 3.05) is 26.8 Å². The second kappa shape index (κ2) is 5.83. The van der Waals surface area contributed by atoms with E-state index in [1.165, 1.54) is 13.3 Å². The van der Waals surface area contributed by atoms with Gasteiger partial charge in [-0.05, 0) is 6.92 Å². The molecule has 19 heavy (non-hydrogen) atoms. The Hall–Kier alpha value is -1.89. The number of aryl methyl sites for hydroxylation is 1. The van der Waals surface area contributed by atoms with E-state index in [0.717, 1.165) is 0 Å². The highest BCUT2D eigenvalue weighted by molar-refractivity contribution is 5.92. The van der Waals surface area contributed by atoms with Crippen LogP contribution in [0.3, 0.4) is 0 Å². The smallest absolute Gasteiger partial charge is 0.308 e. The van der Waals surface area contributed by atoms with Crippen LogP contribution in [0, 0.1) is 6.92 Å². The lowest BCUT2D eigenvalue weighted by Crippen LogP contribution is -2.46. The molecule has 1 amide bonds. The van der Waals surface area contributed by atoms with Gasteiger partial charge in [0.25, 0.3) is 5.91 Å². The Balaban J connectivity index is 1.99. The van der Waals surface area contributed by atoms with Crippen LogP contribution in [-0.2, 0) is 14.3 Å². The van der Waals surface area contributed by atoms with Crippen LogP contribution in [0.5, 0.6) is 0 Å². The van der Waals surface area contributed by atoms with Gasteiger partial charge in [-0.15, -0.1) is 0 Å². The maximum absolute atomic E-state index is 12.2. The molecule has 1 atom stereocenters. The van der Waals surface area contributed by atoms with Crippen molar-refractivity contribution in [2.45, 2.75) is 19.4 Å². The first-order valence-corrected chi connectivity index (χ1v) is 6.00. The Morgan fingerprint density at radius 1 is 1.58 bits per heavy atom. The molecule has 1 aromatic rings. The number of carbonyl (C=O) groups is 2. The number of rotatable bonds is 3. The predicted octanol–water partition coefficient (Wildman–Crippen LogP) is 0.387. The van der Waals surface area contributed by atoms with Crippen LogP contribution >= 0.6 is 0 Å². The molecule has 1 saturated heterocycles. The molecule has 0 radical (unpaired) electrons. The minimum absolute atomic E-state index is 0.135. The molecule has 0 saturated carbocycles. The molecule has 2 rings (SSSR count). The minimum atomic E-state index is -0.352. The van der Waals surface area contributed by atoms with Crippen LogP contribution in [0.25, 0.3) is 0 Å². The van der Waals surface area contributed by atoms with Gasteiger partial charge in [0.2, 0.25) is 5.76 Å². The molecule has 1 aromatic heterocycles. The monoisotopic (exact) mass is 268 g/mol. The zero-order valence-corrected chi connectivity index (χ0v) is 10.9. The molecule has 0 N–H and O–H groups in total. The van der Waals surface area contributed by atoms with Gasteiger partial charge in [-0.3, -0.25) is 9.59 Å². The second-order valence-electron chi connectivity index (χ2n) is 4.36. The number of hydrogen-bond acceptors (Lipinski definition) is 6. The summed E-state index contributed by atoms with van der Waals surface area (Å²) in [4.78, 5) is 25.0. The summed E-state index contributed by atoms with van der Waals surface area (Å²) in [7, 11) is 1.33. The molecule has 0 aliphatic carbocycles. The number of hydrogen-bond donors (Lipinski definition) is 0. The highest BCUT2D eigenvalue weighted by Gasteiger charge is 2.29. The van der Waals surface area contributed by atoms with Gasteiger partial charge < -0.3 is 18.9 Å². The number of nitrogens with zero attached hydrogens (tertiary/aromatic N) is 2. The van der Waals surface area contributed by atoms with Crippen molar-refractivity contribution in [2.24, 2.45) is 0 Å². The summed E-state index contributed by atoms with van der Waals surface area (Å²) in [6, 6.07) is 0. The van der Waals surface area contributed by atoms with Crippen LogP contribution in [0.1, 0.15) is 22.5 Å². The number of methoxy groups -OCH3 is 1. The zero-order valence-electron chi connectivity index (χ0n) is 10.9. The summed E-state index contributed by atoms with van der Waals surface area (Å²) < 4.78 is 15.0. The van der Waals surface area contributed by atoms with Gasteiger partial charge in [0.05, 0.1) is 32.4 Å². The van der Waals surface area contributed by atoms with E-state index < -0.39 is 0 Å². The van der Waals surface area contributed by atoms with E-state index in [1.807, 2.05) is 0 Å². The summed E-state index contributed by atoms with van der Waals surface area (Å²) in [5.41, 5.74) is 0.695. The van der Waals surface area contributed by atoms with Crippen molar-refractivity contribution in [3.63, 3.8) is 0 Å². The fourth-order valence-corrected chi connectivity index (χ4v) is 1.94. The van der Waals surface area contributed by atoms with E-state index in [4.69, 9.17) is 9.26 Å². The van der Waals surface area contributed by atoms with Gasteiger partial charge in [-0.25, -0.2) is 0 Å². The highest BCUT2D eigenvalue weighted by Crippen LogP contribution is 2.15. The Bertz CT molecular complexity index is 470. The van der Waals surface area contributed by atoms with E-state index >= 15 is 0 Å². The average molecular weight is 268 g/mol. The Morgan fingerprint density at radius 3 is 3.00 bits per heavy atom. The SMILES string of the molecule is COC(=O)CC1CN(C(=O)c2oncc2C)CCO1. The summed E-state index contributed by atoms with van der Waals surface area (Å²) in [5.74, 6) is -0.345. The van der Waals surface area contributed by atoms with Crippen molar-refractivity contribution in [1.29, 1.82) is 0 Å². The summed E-state index contributed by atoms with van der Waals surface area (Å²) >= 11 is 0. The van der Waals surface area contributed by atoms with E-state index in [2.05, 4.69) is 9.89 Å². The van der Waals surface area contributed by atoms with Crippen LogP contribution in [-0.4, -0.2) is 54.8 Å². The van der Waals surface area contributed by atoms with Crippen molar-refractivity contribution in [3.8, 4) is 0 Å². The molecule has 0 spiro atoms. The standard InChI is InChI=1S/C12H16N2O5/c1-8-6-13-19-11(8)12(16)14-3-4-18-9(7-14)5-10(15)17-2/h6,9H,3-5,7H2,1-2H3. The molecule has 1 unspecified atom stereocenters. The maximum atomic E-state index is 12.2. The lowest BCUT2D eigenvalue weighted by atomic mass is 10.2. The quantitative estimate of drug-likeness (QED) is 0.737. The van der Waals surface area contributed by atoms with Crippen molar-refractivity contribution in [3.05, 3.63) is 17.5 Å². The number of ether oxygens (including phenoxy) is 2. The summed E-state index contributed by atoms with van der Waals surface area (Å²) in [5, 5.41) is 3.59. The Labute approximate surface area is 110 Å². The van der Waals surface area contributed by atoms with Gasteiger partial charge in [0, 0.05) is 18.7 Å². The fraction of sp³-hybridized carbons (Fsp3) is 0.583. The number of amides is 1. The second-order valence-corrected chi connectivity index (χ2v) is 4.36. The van der Waals surface area contributed by atoms with Crippen LogP contribution in [0.2, 0.25) is 0 Å². The largest absolute Gasteiger partial charge is 0.469 e. The zero-order chi connectivity index (χ0) is 13.8. The molecular weight excluding hydrogens is 252 g/mol. The topological polar surface area (TPSA) is 81.9 Å². The van der Waals surface area contributed by atoms with Gasteiger partial charge in [0.1, 0.15) is 0 Å². The minimum Gasteiger partial charge on any atom is -0.469 e. The number of carbonyl (C=O) groups excluding carboxylic acids is 2. The fourth-order valence-electron chi connectivity index (χ4n) is 1.94. The molecule has 1 aliphatic rings. The Kier molecular flexibility index (Phi) is 4.16. The molecule has 1 aliphatic heterocycles. The van der Waals surface area contributed by atoms with Crippen LogP contribution in [0.4, 0.5) is 0 Å². The average Bonchev–Trinajstić information content (AvgIpc) is 2.84. The van der Waals surface area contributed by atoms with E-state index in [1.54, 1.807) is 11.8 Å². The molecule has 7 heteroatoms. The third-order valence-corrected chi connectivity index (χ3v) is 2.99. The van der Waals surface area contributed by atoms with Gasteiger partial charge >= 0.3 is 5.97 Å². The van der Waals surface area contributed by atoms with Crippen molar-refractivity contribution >= 4 is 11.9 Å². The molecule has 0 bridgehead atoms. The first kappa shape index (κ1) is 13.5. The first-order chi connectivity index (χ1) is 9.11. The van der Waals surface area contributed by atoms with Crippen LogP contribution in [0.15, 0.2) is 10.7 Å². The third-order valence-electron chi connectivity index (χ3n) is 2.99. The molecular formula is C12H16N2O5. The third kappa shape index (κ3) is 3.11. The lowest BCUT2D eigenvalue weighted by Gasteiger charge is -2.31. The number of aromatic nitrogens is 1. The van der Waals surface area contributed by atoms with Crippen LogP contribution < -0.4 is 0 Å². The molecule has 104 valence electrons. The normalized spacial score (nSPS) is 19.3. The van der Waals surface area contributed by atoms with E-state index in [0.29, 0.717) is 25.3 Å².